The zero-order chi connectivity index (χ0) is 13.0. The molecule has 18 heavy (non-hydrogen) atoms. The fourth-order valence-corrected chi connectivity index (χ4v) is 2.82. The van der Waals surface area contributed by atoms with Crippen LogP contribution >= 0.6 is 15.9 Å². The van der Waals surface area contributed by atoms with Crippen molar-refractivity contribution in [1.29, 1.82) is 0 Å². The summed E-state index contributed by atoms with van der Waals surface area (Å²) in [5.41, 5.74) is 0.997. The van der Waals surface area contributed by atoms with E-state index >= 15 is 0 Å². The van der Waals surface area contributed by atoms with E-state index in [1.807, 2.05) is 6.07 Å². The van der Waals surface area contributed by atoms with Gasteiger partial charge < -0.3 is 10.2 Å². The fraction of sp³-hybridized carbons (Fsp3) is 0.571. The van der Waals surface area contributed by atoms with Crippen LogP contribution in [0.25, 0.3) is 0 Å². The number of piperidine rings is 1. The Labute approximate surface area is 117 Å². The first-order valence-electron chi connectivity index (χ1n) is 6.63. The van der Waals surface area contributed by atoms with E-state index in [-0.39, 0.29) is 5.82 Å². The second-order valence-electron chi connectivity index (χ2n) is 4.89. The van der Waals surface area contributed by atoms with Gasteiger partial charge in [-0.2, -0.15) is 0 Å². The zero-order valence-electron chi connectivity index (χ0n) is 10.8. The molecule has 1 aromatic carbocycles. The summed E-state index contributed by atoms with van der Waals surface area (Å²) in [6.07, 6.45) is 3.55. The summed E-state index contributed by atoms with van der Waals surface area (Å²) < 4.78 is 13.7. The van der Waals surface area contributed by atoms with Crippen molar-refractivity contribution in [2.24, 2.45) is 0 Å². The van der Waals surface area contributed by atoms with Gasteiger partial charge in [0.25, 0.3) is 0 Å². The van der Waals surface area contributed by atoms with Crippen molar-refractivity contribution in [3.05, 3.63) is 28.5 Å². The largest absolute Gasteiger partial charge is 0.382 e. The number of hydrogen-bond donors (Lipinski definition) is 1. The zero-order valence-corrected chi connectivity index (χ0v) is 12.3. The van der Waals surface area contributed by atoms with Crippen LogP contribution in [0, 0.1) is 5.82 Å². The van der Waals surface area contributed by atoms with Crippen LogP contribution in [0.3, 0.4) is 0 Å². The van der Waals surface area contributed by atoms with Crippen LogP contribution < -0.4 is 5.32 Å². The lowest BCUT2D eigenvalue weighted by Crippen LogP contribution is -2.39. The molecule has 1 aliphatic rings. The number of likely N-dealkylation sites (tertiary alicyclic amines) is 1. The smallest absolute Gasteiger partial charge is 0.137 e. The Morgan fingerprint density at radius 3 is 2.72 bits per heavy atom. The minimum atomic E-state index is -0.210. The Morgan fingerprint density at radius 1 is 1.39 bits per heavy atom. The van der Waals surface area contributed by atoms with Crippen molar-refractivity contribution >= 4 is 21.6 Å². The molecule has 100 valence electrons. The molecule has 0 aromatic heterocycles. The number of nitrogens with zero attached hydrogens (tertiary/aromatic N) is 1. The molecule has 0 spiro atoms. The Morgan fingerprint density at radius 2 is 2.11 bits per heavy atom. The molecule has 1 aliphatic heterocycles. The summed E-state index contributed by atoms with van der Waals surface area (Å²) in [6, 6.07) is 5.63. The predicted molar refractivity (Wildman–Crippen MR) is 77.5 cm³/mol. The molecular formula is C14H20BrFN2. The van der Waals surface area contributed by atoms with Crippen LogP contribution in [0.5, 0.6) is 0 Å². The van der Waals surface area contributed by atoms with E-state index in [9.17, 15) is 4.39 Å². The van der Waals surface area contributed by atoms with Crippen molar-refractivity contribution in [3.8, 4) is 0 Å². The van der Waals surface area contributed by atoms with Gasteiger partial charge in [0.1, 0.15) is 5.82 Å². The van der Waals surface area contributed by atoms with Crippen LogP contribution in [-0.2, 0) is 0 Å². The Bertz CT molecular complexity index is 389. The highest BCUT2D eigenvalue weighted by Crippen LogP contribution is 2.22. The lowest BCUT2D eigenvalue weighted by molar-refractivity contribution is 0.219. The van der Waals surface area contributed by atoms with Gasteiger partial charge in [-0.1, -0.05) is 6.92 Å². The van der Waals surface area contributed by atoms with E-state index < -0.39 is 0 Å². The van der Waals surface area contributed by atoms with Crippen LogP contribution in [0.2, 0.25) is 0 Å². The third-order valence-electron chi connectivity index (χ3n) is 3.42. The first-order chi connectivity index (χ1) is 8.69. The molecule has 0 aliphatic carbocycles. The molecule has 0 radical (unpaired) electrons. The van der Waals surface area contributed by atoms with Gasteiger partial charge >= 0.3 is 0 Å². The minimum Gasteiger partial charge on any atom is -0.382 e. The number of halogens is 2. The Balaban J connectivity index is 1.85. The second-order valence-corrected chi connectivity index (χ2v) is 5.74. The maximum Gasteiger partial charge on any atom is 0.137 e. The molecule has 4 heteroatoms. The van der Waals surface area contributed by atoms with Crippen LogP contribution in [0.1, 0.15) is 26.2 Å². The molecule has 2 nitrogen and oxygen atoms in total. The maximum atomic E-state index is 13.1. The molecule has 1 N–H and O–H groups in total. The molecule has 0 unspecified atom stereocenters. The molecule has 2 rings (SSSR count). The van der Waals surface area contributed by atoms with Gasteiger partial charge in [0.2, 0.25) is 0 Å². The molecule has 0 atom stereocenters. The lowest BCUT2D eigenvalue weighted by atomic mass is 10.0. The highest BCUT2D eigenvalue weighted by Gasteiger charge is 2.18. The molecule has 0 amide bonds. The highest BCUT2D eigenvalue weighted by molar-refractivity contribution is 9.10. The summed E-state index contributed by atoms with van der Waals surface area (Å²) in [6.45, 7) is 5.75. The number of hydrogen-bond acceptors (Lipinski definition) is 2. The van der Waals surface area contributed by atoms with E-state index in [1.165, 1.54) is 19.0 Å². The van der Waals surface area contributed by atoms with Crippen LogP contribution in [0.4, 0.5) is 10.1 Å². The number of nitrogens with one attached hydrogen (secondary N) is 1. The third kappa shape index (κ3) is 3.69. The highest BCUT2D eigenvalue weighted by atomic mass is 79.9. The van der Waals surface area contributed by atoms with E-state index in [0.29, 0.717) is 10.5 Å². The van der Waals surface area contributed by atoms with E-state index in [2.05, 4.69) is 33.1 Å². The SMILES string of the molecule is CCCN1CCC(Nc2ccc(F)c(Br)c2)CC1. The van der Waals surface area contributed by atoms with Crippen LogP contribution in [-0.4, -0.2) is 30.6 Å². The summed E-state index contributed by atoms with van der Waals surface area (Å²) in [4.78, 5) is 2.51. The average molecular weight is 315 g/mol. The van der Waals surface area contributed by atoms with Crippen LogP contribution in [0.15, 0.2) is 22.7 Å². The normalized spacial score (nSPS) is 17.9. The quantitative estimate of drug-likeness (QED) is 0.907. The second kappa shape index (κ2) is 6.53. The van der Waals surface area contributed by atoms with Crippen molar-refractivity contribution in [2.45, 2.75) is 32.2 Å². The van der Waals surface area contributed by atoms with Crippen molar-refractivity contribution < 1.29 is 4.39 Å². The third-order valence-corrected chi connectivity index (χ3v) is 4.03. The average Bonchev–Trinajstić information content (AvgIpc) is 2.37. The van der Waals surface area contributed by atoms with Crippen molar-refractivity contribution in [1.82, 2.24) is 4.90 Å². The standard InChI is InChI=1S/C14H20BrFN2/c1-2-7-18-8-5-11(6-9-18)17-12-3-4-14(16)13(15)10-12/h3-4,10-11,17H,2,5-9H2,1H3. The lowest BCUT2D eigenvalue weighted by Gasteiger charge is -2.32. The van der Waals surface area contributed by atoms with Gasteiger partial charge in [-0.3, -0.25) is 0 Å². The van der Waals surface area contributed by atoms with E-state index in [1.54, 1.807) is 6.07 Å². The molecule has 0 bridgehead atoms. The Kier molecular flexibility index (Phi) is 5.01. The molecule has 1 saturated heterocycles. The molecule has 1 aromatic rings. The minimum absolute atomic E-state index is 0.210. The first kappa shape index (κ1) is 13.8. The van der Waals surface area contributed by atoms with Crippen molar-refractivity contribution in [2.75, 3.05) is 25.0 Å². The maximum absolute atomic E-state index is 13.1. The van der Waals surface area contributed by atoms with Gasteiger partial charge in [-0.25, -0.2) is 4.39 Å². The van der Waals surface area contributed by atoms with Gasteiger partial charge in [-0.15, -0.1) is 0 Å². The summed E-state index contributed by atoms with van der Waals surface area (Å²) in [5, 5.41) is 3.49. The number of rotatable bonds is 4. The first-order valence-corrected chi connectivity index (χ1v) is 7.42. The van der Waals surface area contributed by atoms with Gasteiger partial charge in [0.05, 0.1) is 4.47 Å². The van der Waals surface area contributed by atoms with Gasteiger partial charge in [-0.05, 0) is 59.9 Å². The monoisotopic (exact) mass is 314 g/mol. The van der Waals surface area contributed by atoms with E-state index in [4.69, 9.17) is 0 Å². The fourth-order valence-electron chi connectivity index (χ4n) is 2.44. The topological polar surface area (TPSA) is 15.3 Å². The van der Waals surface area contributed by atoms with E-state index in [0.717, 1.165) is 31.6 Å². The number of anilines is 1. The van der Waals surface area contributed by atoms with Gasteiger partial charge in [0, 0.05) is 24.8 Å². The predicted octanol–water partition coefficient (Wildman–Crippen LogP) is 3.87. The molecule has 1 fully saturated rings. The number of benzene rings is 1. The van der Waals surface area contributed by atoms with Crippen molar-refractivity contribution in [3.63, 3.8) is 0 Å². The molecule has 0 saturated carbocycles. The molecule has 1 heterocycles. The Hall–Kier alpha value is -0.610. The summed E-state index contributed by atoms with van der Waals surface area (Å²) >= 11 is 3.22. The summed E-state index contributed by atoms with van der Waals surface area (Å²) in [5.74, 6) is -0.210. The summed E-state index contributed by atoms with van der Waals surface area (Å²) in [7, 11) is 0. The van der Waals surface area contributed by atoms with Gasteiger partial charge in [0.15, 0.2) is 0 Å². The molecular weight excluding hydrogens is 295 g/mol.